The molecule has 0 bridgehead atoms. The van der Waals surface area contributed by atoms with Crippen molar-refractivity contribution in [3.8, 4) is 0 Å². The molecule has 0 unspecified atom stereocenters. The van der Waals surface area contributed by atoms with Crippen LogP contribution in [-0.4, -0.2) is 24.1 Å². The summed E-state index contributed by atoms with van der Waals surface area (Å²) in [5.74, 6) is 0. The van der Waals surface area contributed by atoms with Gasteiger partial charge in [0.05, 0.1) is 11.4 Å². The minimum absolute atomic E-state index is 0.593. The number of nitrogens with zero attached hydrogens (tertiary/aromatic N) is 2. The highest BCUT2D eigenvalue weighted by Gasteiger charge is 2.32. The first-order chi connectivity index (χ1) is 12.4. The van der Waals surface area contributed by atoms with Gasteiger partial charge in [0.15, 0.2) is 0 Å². The van der Waals surface area contributed by atoms with Crippen molar-refractivity contribution in [1.29, 1.82) is 0 Å². The number of anilines is 2. The molecule has 2 N–H and O–H groups in total. The molecular formula is C21H23N4. The molecule has 0 amide bonds. The Morgan fingerprint density at radius 2 is 1.76 bits per heavy atom. The Kier molecular flexibility index (Phi) is 3.63. The van der Waals surface area contributed by atoms with Gasteiger partial charge in [-0.2, -0.15) is 0 Å². The van der Waals surface area contributed by atoms with Crippen molar-refractivity contribution in [2.75, 3.05) is 22.9 Å². The second-order valence-corrected chi connectivity index (χ2v) is 6.98. The predicted octanol–water partition coefficient (Wildman–Crippen LogP) is 3.87. The fourth-order valence-corrected chi connectivity index (χ4v) is 4.17. The van der Waals surface area contributed by atoms with E-state index in [1.165, 1.54) is 40.7 Å². The lowest BCUT2D eigenvalue weighted by Gasteiger charge is -2.33. The highest BCUT2D eigenvalue weighted by molar-refractivity contribution is 5.84. The van der Waals surface area contributed by atoms with Crippen LogP contribution in [0.25, 0.3) is 10.9 Å². The van der Waals surface area contributed by atoms with Crippen LogP contribution in [0.2, 0.25) is 0 Å². The molecular weight excluding hydrogens is 308 g/mol. The molecule has 1 saturated heterocycles. The first kappa shape index (κ1) is 14.8. The fourth-order valence-electron chi connectivity index (χ4n) is 4.17. The van der Waals surface area contributed by atoms with E-state index in [0.29, 0.717) is 6.04 Å². The number of hydrogen-bond donors (Lipinski definition) is 2. The molecule has 1 radical (unpaired) electrons. The van der Waals surface area contributed by atoms with Crippen LogP contribution < -0.4 is 15.1 Å². The largest absolute Gasteiger partial charge is 0.361 e. The lowest BCUT2D eigenvalue weighted by atomic mass is 10.0. The molecule has 4 nitrogen and oxygen atoms in total. The van der Waals surface area contributed by atoms with Crippen LogP contribution >= 0.6 is 0 Å². The van der Waals surface area contributed by atoms with Crippen LogP contribution in [0.3, 0.4) is 0 Å². The number of H-pyrrole nitrogens is 1. The number of para-hydroxylation sites is 2. The highest BCUT2D eigenvalue weighted by Crippen LogP contribution is 2.41. The van der Waals surface area contributed by atoms with Crippen LogP contribution in [0, 0.1) is 6.67 Å². The van der Waals surface area contributed by atoms with Gasteiger partial charge in [-0.1, -0.05) is 24.3 Å². The lowest BCUT2D eigenvalue weighted by Crippen LogP contribution is -2.42. The smallest absolute Gasteiger partial charge is 0.142 e. The minimum atomic E-state index is 0.593. The van der Waals surface area contributed by atoms with Crippen molar-refractivity contribution in [3.63, 3.8) is 0 Å². The van der Waals surface area contributed by atoms with Gasteiger partial charge in [-0.05, 0) is 55.8 Å². The average Bonchev–Trinajstić information content (AvgIpc) is 3.28. The van der Waals surface area contributed by atoms with E-state index in [4.69, 9.17) is 0 Å². The third kappa shape index (κ3) is 2.57. The van der Waals surface area contributed by atoms with Crippen LogP contribution in [0.5, 0.6) is 0 Å². The van der Waals surface area contributed by atoms with Gasteiger partial charge >= 0.3 is 0 Å². The number of aromatic amines is 1. The average molecular weight is 331 g/mol. The third-order valence-corrected chi connectivity index (χ3v) is 5.46. The summed E-state index contributed by atoms with van der Waals surface area (Å²) in [7, 11) is 0. The summed E-state index contributed by atoms with van der Waals surface area (Å²) in [6.07, 6.45) is 4.43. The molecule has 127 valence electrons. The molecule has 0 spiro atoms. The van der Waals surface area contributed by atoms with Gasteiger partial charge < -0.3 is 20.1 Å². The van der Waals surface area contributed by atoms with E-state index in [-0.39, 0.29) is 0 Å². The fraction of sp³-hybridized carbons (Fsp3) is 0.286. The molecule has 3 heterocycles. The zero-order valence-electron chi connectivity index (χ0n) is 14.3. The van der Waals surface area contributed by atoms with Crippen molar-refractivity contribution in [3.05, 3.63) is 67.0 Å². The Bertz CT molecular complexity index is 878. The normalized spacial score (nSPS) is 18.1. The van der Waals surface area contributed by atoms with Gasteiger partial charge in [-0.15, -0.1) is 0 Å². The van der Waals surface area contributed by atoms with Gasteiger partial charge in [-0.25, -0.2) is 0 Å². The molecule has 2 aliphatic rings. The quantitative estimate of drug-likeness (QED) is 0.765. The zero-order chi connectivity index (χ0) is 16.6. The minimum Gasteiger partial charge on any atom is -0.361 e. The van der Waals surface area contributed by atoms with Gasteiger partial charge in [0.25, 0.3) is 0 Å². The molecule has 2 aliphatic heterocycles. The SMILES string of the molecule is [CH]1N(Cc2cccc3[nH]ccc23)c2ccccc2N1C1CCNCC1. The molecule has 25 heavy (non-hydrogen) atoms. The van der Waals surface area contributed by atoms with Crippen molar-refractivity contribution < 1.29 is 0 Å². The summed E-state index contributed by atoms with van der Waals surface area (Å²) >= 11 is 0. The molecule has 0 atom stereocenters. The third-order valence-electron chi connectivity index (χ3n) is 5.46. The van der Waals surface area contributed by atoms with Crippen LogP contribution in [0.15, 0.2) is 54.7 Å². The molecule has 1 aromatic heterocycles. The van der Waals surface area contributed by atoms with Crippen molar-refractivity contribution in [2.45, 2.75) is 25.4 Å². The van der Waals surface area contributed by atoms with Crippen molar-refractivity contribution in [2.24, 2.45) is 0 Å². The van der Waals surface area contributed by atoms with E-state index in [2.05, 4.69) is 75.3 Å². The highest BCUT2D eigenvalue weighted by atomic mass is 15.4. The number of piperidine rings is 1. The standard InChI is InChI=1S/C21H23N4/c1-2-7-21-20(6-1)24(15-25(21)17-8-11-22-12-9-17)14-16-4-3-5-19-18(16)10-13-23-19/h1-7,10,13,15,17,22-23H,8-9,11-12,14H2. The second-order valence-electron chi connectivity index (χ2n) is 6.98. The number of nitrogens with one attached hydrogen (secondary N) is 2. The maximum Gasteiger partial charge on any atom is 0.142 e. The molecule has 5 rings (SSSR count). The maximum absolute atomic E-state index is 3.47. The Balaban J connectivity index is 1.47. The van der Waals surface area contributed by atoms with E-state index >= 15 is 0 Å². The molecule has 0 saturated carbocycles. The maximum atomic E-state index is 3.47. The van der Waals surface area contributed by atoms with E-state index < -0.39 is 0 Å². The number of benzene rings is 2. The number of rotatable bonds is 3. The van der Waals surface area contributed by atoms with Gasteiger partial charge in [0, 0.05) is 29.7 Å². The number of hydrogen-bond acceptors (Lipinski definition) is 3. The summed E-state index contributed by atoms with van der Waals surface area (Å²) in [4.78, 5) is 8.21. The number of fused-ring (bicyclic) bond motifs is 2. The number of aromatic nitrogens is 1. The first-order valence-electron chi connectivity index (χ1n) is 9.15. The molecule has 2 aromatic carbocycles. The second kappa shape index (κ2) is 6.12. The van der Waals surface area contributed by atoms with E-state index in [1.54, 1.807) is 0 Å². The topological polar surface area (TPSA) is 34.3 Å². The van der Waals surface area contributed by atoms with Crippen LogP contribution in [0.1, 0.15) is 18.4 Å². The Morgan fingerprint density at radius 1 is 0.920 bits per heavy atom. The van der Waals surface area contributed by atoms with Crippen molar-refractivity contribution in [1.82, 2.24) is 10.3 Å². The van der Waals surface area contributed by atoms with E-state index in [9.17, 15) is 0 Å². The van der Waals surface area contributed by atoms with Crippen LogP contribution in [0.4, 0.5) is 11.4 Å². The zero-order valence-corrected chi connectivity index (χ0v) is 14.3. The van der Waals surface area contributed by atoms with E-state index in [0.717, 1.165) is 19.6 Å². The lowest BCUT2D eigenvalue weighted by molar-refractivity contribution is 0.444. The van der Waals surface area contributed by atoms with Gasteiger partial charge in [-0.3, -0.25) is 0 Å². The Labute approximate surface area is 148 Å². The Morgan fingerprint density at radius 3 is 2.64 bits per heavy atom. The van der Waals surface area contributed by atoms with Gasteiger partial charge in [0.2, 0.25) is 0 Å². The van der Waals surface area contributed by atoms with Gasteiger partial charge in [0.1, 0.15) is 6.67 Å². The summed E-state index contributed by atoms with van der Waals surface area (Å²) in [5.41, 5.74) is 5.22. The van der Waals surface area contributed by atoms with E-state index in [1.807, 2.05) is 6.20 Å². The monoisotopic (exact) mass is 331 g/mol. The van der Waals surface area contributed by atoms with Crippen molar-refractivity contribution >= 4 is 22.3 Å². The predicted molar refractivity (Wildman–Crippen MR) is 104 cm³/mol. The molecule has 1 fully saturated rings. The first-order valence-corrected chi connectivity index (χ1v) is 9.15. The summed E-state index contributed by atoms with van der Waals surface area (Å²) < 4.78 is 0. The molecule has 4 heteroatoms. The summed E-state index contributed by atoms with van der Waals surface area (Å²) in [6.45, 7) is 5.44. The summed E-state index contributed by atoms with van der Waals surface area (Å²) in [5, 5.41) is 4.79. The van der Waals surface area contributed by atoms with Crippen LogP contribution in [-0.2, 0) is 6.54 Å². The molecule has 3 aromatic rings. The Hall–Kier alpha value is -2.46. The molecule has 0 aliphatic carbocycles. The summed E-state index contributed by atoms with van der Waals surface area (Å²) in [6, 6.07) is 18.1.